The highest BCUT2D eigenvalue weighted by molar-refractivity contribution is 6.21. The van der Waals surface area contributed by atoms with E-state index in [-0.39, 0.29) is 29.2 Å². The van der Waals surface area contributed by atoms with E-state index < -0.39 is 5.92 Å². The molecule has 0 aliphatic heterocycles. The second kappa shape index (κ2) is 2.76. The van der Waals surface area contributed by atoms with Crippen molar-refractivity contribution in [3.8, 4) is 0 Å². The van der Waals surface area contributed by atoms with Crippen LogP contribution in [0.3, 0.4) is 0 Å². The summed E-state index contributed by atoms with van der Waals surface area (Å²) in [6, 6.07) is 0. The maximum atomic E-state index is 11.6. The number of rotatable bonds is 1. The van der Waals surface area contributed by atoms with E-state index in [0.29, 0.717) is 6.42 Å². The van der Waals surface area contributed by atoms with Crippen molar-refractivity contribution in [2.45, 2.75) is 26.2 Å². The molecule has 0 amide bonds. The molecule has 2 bridgehead atoms. The third-order valence-corrected chi connectivity index (χ3v) is 3.21. The molecule has 2 atom stereocenters. The molecule has 2 rings (SSSR count). The van der Waals surface area contributed by atoms with Gasteiger partial charge >= 0.3 is 0 Å². The zero-order valence-corrected chi connectivity index (χ0v) is 7.58. The van der Waals surface area contributed by atoms with E-state index >= 15 is 0 Å². The second-order valence-corrected chi connectivity index (χ2v) is 4.06. The minimum atomic E-state index is -0.911. The van der Waals surface area contributed by atoms with E-state index in [1.54, 1.807) is 0 Å². The van der Waals surface area contributed by atoms with Crippen molar-refractivity contribution >= 4 is 17.3 Å². The summed E-state index contributed by atoms with van der Waals surface area (Å²) in [4.78, 5) is 34.3. The zero-order chi connectivity index (χ0) is 9.59. The number of hydrogen-bond acceptors (Lipinski definition) is 3. The van der Waals surface area contributed by atoms with E-state index in [1.165, 1.54) is 6.92 Å². The highest BCUT2D eigenvalue weighted by Crippen LogP contribution is 2.40. The van der Waals surface area contributed by atoms with Crippen LogP contribution in [0.15, 0.2) is 0 Å². The molecule has 13 heavy (non-hydrogen) atoms. The van der Waals surface area contributed by atoms with Crippen molar-refractivity contribution in [2.24, 2.45) is 17.8 Å². The van der Waals surface area contributed by atoms with Crippen LogP contribution in [0.5, 0.6) is 0 Å². The molecule has 2 aliphatic carbocycles. The number of fused-ring (bicyclic) bond motifs is 2. The number of hydrogen-bond donors (Lipinski definition) is 0. The van der Waals surface area contributed by atoms with Crippen LogP contribution in [-0.4, -0.2) is 17.3 Å². The Balaban J connectivity index is 2.33. The molecule has 0 aromatic carbocycles. The first-order chi connectivity index (χ1) is 6.11. The highest BCUT2D eigenvalue weighted by atomic mass is 16.2. The maximum Gasteiger partial charge on any atom is 0.153 e. The van der Waals surface area contributed by atoms with Crippen LogP contribution < -0.4 is 0 Å². The molecular weight excluding hydrogens is 168 g/mol. The van der Waals surface area contributed by atoms with Crippen LogP contribution in [0.2, 0.25) is 0 Å². The molecule has 0 radical (unpaired) electrons. The summed E-state index contributed by atoms with van der Waals surface area (Å²) in [6.07, 6.45) is 2.31. The predicted octanol–water partition coefficient (Wildman–Crippen LogP) is 0.760. The first-order valence-electron chi connectivity index (χ1n) is 4.69. The van der Waals surface area contributed by atoms with Crippen LogP contribution in [0.25, 0.3) is 0 Å². The molecule has 2 unspecified atom stereocenters. The SMILES string of the molecule is CC(=O)C1C(=O)C2CCC(C2)C1=O. The lowest BCUT2D eigenvalue weighted by molar-refractivity contribution is -0.144. The van der Waals surface area contributed by atoms with Gasteiger partial charge in [-0.2, -0.15) is 0 Å². The average Bonchev–Trinajstić information content (AvgIpc) is 2.46. The Bertz CT molecular complexity index is 271. The lowest BCUT2D eigenvalue weighted by atomic mass is 9.77. The van der Waals surface area contributed by atoms with Gasteiger partial charge in [0.05, 0.1) is 0 Å². The Morgan fingerprint density at radius 3 is 2.00 bits per heavy atom. The third-order valence-electron chi connectivity index (χ3n) is 3.21. The van der Waals surface area contributed by atoms with Crippen LogP contribution in [0, 0.1) is 17.8 Å². The summed E-state index contributed by atoms with van der Waals surface area (Å²) >= 11 is 0. The van der Waals surface area contributed by atoms with Gasteiger partial charge in [-0.15, -0.1) is 0 Å². The average molecular weight is 180 g/mol. The first-order valence-corrected chi connectivity index (χ1v) is 4.69. The van der Waals surface area contributed by atoms with Gasteiger partial charge in [-0.3, -0.25) is 14.4 Å². The Labute approximate surface area is 76.5 Å². The van der Waals surface area contributed by atoms with Crippen molar-refractivity contribution in [3.05, 3.63) is 0 Å². The van der Waals surface area contributed by atoms with Crippen molar-refractivity contribution in [2.75, 3.05) is 0 Å². The topological polar surface area (TPSA) is 51.2 Å². The Hall–Kier alpha value is -0.990. The van der Waals surface area contributed by atoms with Gasteiger partial charge in [0.25, 0.3) is 0 Å². The minimum Gasteiger partial charge on any atom is -0.299 e. The van der Waals surface area contributed by atoms with Crippen molar-refractivity contribution in [1.29, 1.82) is 0 Å². The van der Waals surface area contributed by atoms with E-state index in [9.17, 15) is 14.4 Å². The third kappa shape index (κ3) is 1.14. The lowest BCUT2D eigenvalue weighted by Gasteiger charge is -2.22. The van der Waals surface area contributed by atoms with Gasteiger partial charge in [0.1, 0.15) is 11.7 Å². The maximum absolute atomic E-state index is 11.6. The van der Waals surface area contributed by atoms with Gasteiger partial charge in [0.15, 0.2) is 11.6 Å². The summed E-state index contributed by atoms with van der Waals surface area (Å²) in [5, 5.41) is 0. The molecular formula is C10H12O3. The highest BCUT2D eigenvalue weighted by Gasteiger charge is 2.48. The molecule has 0 aromatic heterocycles. The summed E-state index contributed by atoms with van der Waals surface area (Å²) < 4.78 is 0. The van der Waals surface area contributed by atoms with Gasteiger partial charge in [-0.05, 0) is 26.2 Å². The monoisotopic (exact) mass is 180 g/mol. The van der Waals surface area contributed by atoms with Crippen molar-refractivity contribution < 1.29 is 14.4 Å². The number of ketones is 3. The molecule has 0 heterocycles. The van der Waals surface area contributed by atoms with Gasteiger partial charge in [-0.25, -0.2) is 0 Å². The molecule has 70 valence electrons. The number of carbonyl (C=O) groups is 3. The van der Waals surface area contributed by atoms with Gasteiger partial charge < -0.3 is 0 Å². The van der Waals surface area contributed by atoms with Gasteiger partial charge in [-0.1, -0.05) is 0 Å². The van der Waals surface area contributed by atoms with Crippen LogP contribution in [-0.2, 0) is 14.4 Å². The molecule has 0 N–H and O–H groups in total. The quantitative estimate of drug-likeness (QED) is 0.560. The number of Topliss-reactive ketones (excluding diaryl/α,β-unsaturated/α-hetero) is 3. The largest absolute Gasteiger partial charge is 0.299 e. The molecule has 0 aromatic rings. The second-order valence-electron chi connectivity index (χ2n) is 4.06. The predicted molar refractivity (Wildman–Crippen MR) is 45.0 cm³/mol. The lowest BCUT2D eigenvalue weighted by Crippen LogP contribution is -2.40. The standard InChI is InChI=1S/C10H12O3/c1-5(11)8-9(12)6-2-3-7(4-6)10(8)13/h6-8H,2-4H2,1H3. The molecule has 2 saturated carbocycles. The molecule has 0 saturated heterocycles. The van der Waals surface area contributed by atoms with E-state index in [0.717, 1.165) is 12.8 Å². The molecule has 3 heteroatoms. The normalized spacial score (nSPS) is 38.1. The van der Waals surface area contributed by atoms with E-state index in [2.05, 4.69) is 0 Å². The van der Waals surface area contributed by atoms with Crippen molar-refractivity contribution in [1.82, 2.24) is 0 Å². The summed E-state index contributed by atoms with van der Waals surface area (Å²) in [6.45, 7) is 1.34. The Morgan fingerprint density at radius 2 is 1.62 bits per heavy atom. The zero-order valence-electron chi connectivity index (χ0n) is 7.58. The molecule has 3 nitrogen and oxygen atoms in total. The van der Waals surface area contributed by atoms with Crippen LogP contribution >= 0.6 is 0 Å². The molecule has 0 spiro atoms. The summed E-state index contributed by atoms with van der Waals surface area (Å²) in [5.41, 5.74) is 0. The fourth-order valence-electron chi connectivity index (χ4n) is 2.51. The van der Waals surface area contributed by atoms with Gasteiger partial charge in [0.2, 0.25) is 0 Å². The summed E-state index contributed by atoms with van der Waals surface area (Å²) in [7, 11) is 0. The fourth-order valence-corrected chi connectivity index (χ4v) is 2.51. The number of carbonyl (C=O) groups excluding carboxylic acids is 3. The van der Waals surface area contributed by atoms with Crippen LogP contribution in [0.1, 0.15) is 26.2 Å². The van der Waals surface area contributed by atoms with Crippen LogP contribution in [0.4, 0.5) is 0 Å². The fraction of sp³-hybridized carbons (Fsp3) is 0.700. The Kier molecular flexibility index (Phi) is 1.82. The van der Waals surface area contributed by atoms with Gasteiger partial charge in [0, 0.05) is 11.8 Å². The smallest absolute Gasteiger partial charge is 0.153 e. The van der Waals surface area contributed by atoms with E-state index in [4.69, 9.17) is 0 Å². The molecule has 2 fully saturated rings. The minimum absolute atomic E-state index is 0.00315. The molecule has 2 aliphatic rings. The Morgan fingerprint density at radius 1 is 1.15 bits per heavy atom. The van der Waals surface area contributed by atoms with E-state index in [1.807, 2.05) is 0 Å². The summed E-state index contributed by atoms with van der Waals surface area (Å²) in [5.74, 6) is -1.43. The van der Waals surface area contributed by atoms with Crippen molar-refractivity contribution in [3.63, 3.8) is 0 Å². The first kappa shape index (κ1) is 8.60.